The standard InChI is InChI=1S/C12H12BrNO2/c1-7(2)16-8-3-4-11-9(5-8)12(15)10(13)6-14-11/h3-7H,1-2H3,(H,14,15). The summed E-state index contributed by atoms with van der Waals surface area (Å²) in [5, 5.41) is 0.632. The fourth-order valence-corrected chi connectivity index (χ4v) is 1.85. The summed E-state index contributed by atoms with van der Waals surface area (Å²) in [5.41, 5.74) is 0.785. The van der Waals surface area contributed by atoms with Gasteiger partial charge >= 0.3 is 0 Å². The highest BCUT2D eigenvalue weighted by Crippen LogP contribution is 2.19. The zero-order valence-electron chi connectivity index (χ0n) is 9.08. The van der Waals surface area contributed by atoms with Crippen LogP contribution in [0.4, 0.5) is 0 Å². The summed E-state index contributed by atoms with van der Waals surface area (Å²) >= 11 is 3.21. The van der Waals surface area contributed by atoms with Gasteiger partial charge in [0, 0.05) is 11.7 Å². The molecule has 2 aromatic rings. The van der Waals surface area contributed by atoms with Crippen molar-refractivity contribution in [2.24, 2.45) is 0 Å². The van der Waals surface area contributed by atoms with Crippen molar-refractivity contribution in [2.75, 3.05) is 0 Å². The van der Waals surface area contributed by atoms with E-state index in [0.29, 0.717) is 15.6 Å². The highest BCUT2D eigenvalue weighted by Gasteiger charge is 2.05. The molecular weight excluding hydrogens is 270 g/mol. The first-order valence-electron chi connectivity index (χ1n) is 5.05. The highest BCUT2D eigenvalue weighted by molar-refractivity contribution is 9.10. The highest BCUT2D eigenvalue weighted by atomic mass is 79.9. The number of hydrogen-bond acceptors (Lipinski definition) is 2. The minimum absolute atomic E-state index is 0.0250. The van der Waals surface area contributed by atoms with Crippen molar-refractivity contribution in [2.45, 2.75) is 20.0 Å². The largest absolute Gasteiger partial charge is 0.491 e. The molecule has 0 aliphatic heterocycles. The van der Waals surface area contributed by atoms with E-state index in [2.05, 4.69) is 20.9 Å². The van der Waals surface area contributed by atoms with Gasteiger partial charge in [-0.1, -0.05) is 0 Å². The topological polar surface area (TPSA) is 42.1 Å². The summed E-state index contributed by atoms with van der Waals surface area (Å²) in [4.78, 5) is 14.9. The minimum atomic E-state index is -0.0250. The van der Waals surface area contributed by atoms with E-state index in [9.17, 15) is 4.79 Å². The van der Waals surface area contributed by atoms with Crippen LogP contribution in [-0.4, -0.2) is 11.1 Å². The van der Waals surface area contributed by atoms with Crippen molar-refractivity contribution in [3.63, 3.8) is 0 Å². The van der Waals surface area contributed by atoms with Crippen LogP contribution in [0.25, 0.3) is 10.9 Å². The Morgan fingerprint density at radius 1 is 1.38 bits per heavy atom. The number of pyridine rings is 1. The van der Waals surface area contributed by atoms with Crippen molar-refractivity contribution in [1.29, 1.82) is 0 Å². The summed E-state index contributed by atoms with van der Waals surface area (Å²) < 4.78 is 6.08. The Morgan fingerprint density at radius 2 is 2.12 bits per heavy atom. The Labute approximate surface area is 102 Å². The molecule has 16 heavy (non-hydrogen) atoms. The molecule has 1 N–H and O–H groups in total. The first-order chi connectivity index (χ1) is 7.58. The molecule has 0 atom stereocenters. The third-order valence-electron chi connectivity index (χ3n) is 2.18. The van der Waals surface area contributed by atoms with Crippen LogP contribution in [0.1, 0.15) is 13.8 Å². The van der Waals surface area contributed by atoms with Crippen LogP contribution in [0.2, 0.25) is 0 Å². The van der Waals surface area contributed by atoms with Gasteiger partial charge in [0.15, 0.2) is 0 Å². The van der Waals surface area contributed by atoms with Crippen LogP contribution in [0, 0.1) is 0 Å². The van der Waals surface area contributed by atoms with Crippen molar-refractivity contribution < 1.29 is 4.74 Å². The molecule has 0 spiro atoms. The monoisotopic (exact) mass is 281 g/mol. The summed E-state index contributed by atoms with van der Waals surface area (Å²) in [6.07, 6.45) is 1.75. The Kier molecular flexibility index (Phi) is 3.01. The first-order valence-corrected chi connectivity index (χ1v) is 5.85. The van der Waals surface area contributed by atoms with Gasteiger partial charge < -0.3 is 9.72 Å². The molecule has 1 aromatic heterocycles. The predicted molar refractivity (Wildman–Crippen MR) is 68.0 cm³/mol. The lowest BCUT2D eigenvalue weighted by atomic mass is 10.2. The lowest BCUT2D eigenvalue weighted by molar-refractivity contribution is 0.243. The third kappa shape index (κ3) is 2.11. The summed E-state index contributed by atoms with van der Waals surface area (Å²) in [5.74, 6) is 0.714. The zero-order valence-corrected chi connectivity index (χ0v) is 10.7. The van der Waals surface area contributed by atoms with Crippen molar-refractivity contribution in [3.05, 3.63) is 39.1 Å². The van der Waals surface area contributed by atoms with Crippen LogP contribution >= 0.6 is 15.9 Å². The minimum Gasteiger partial charge on any atom is -0.491 e. The number of nitrogens with one attached hydrogen (secondary N) is 1. The lowest BCUT2D eigenvalue weighted by Crippen LogP contribution is -2.07. The molecule has 0 aliphatic carbocycles. The van der Waals surface area contributed by atoms with E-state index in [0.717, 1.165) is 5.52 Å². The molecule has 1 aromatic carbocycles. The Bertz CT molecular complexity index is 575. The smallest absolute Gasteiger partial charge is 0.203 e. The average Bonchev–Trinajstić information content (AvgIpc) is 2.23. The van der Waals surface area contributed by atoms with Crippen LogP contribution in [-0.2, 0) is 0 Å². The van der Waals surface area contributed by atoms with Gasteiger partial charge in [0.05, 0.1) is 16.0 Å². The van der Waals surface area contributed by atoms with Crippen molar-refractivity contribution in [3.8, 4) is 5.75 Å². The Balaban J connectivity index is 2.60. The van der Waals surface area contributed by atoms with Gasteiger partial charge in [-0.25, -0.2) is 0 Å². The maximum Gasteiger partial charge on any atom is 0.203 e. The number of rotatable bonds is 2. The molecule has 0 unspecified atom stereocenters. The van der Waals surface area contributed by atoms with Gasteiger partial charge in [0.2, 0.25) is 5.43 Å². The van der Waals surface area contributed by atoms with Gasteiger partial charge in [0.1, 0.15) is 5.75 Å². The van der Waals surface area contributed by atoms with E-state index in [1.807, 2.05) is 26.0 Å². The zero-order chi connectivity index (χ0) is 11.7. The predicted octanol–water partition coefficient (Wildman–Crippen LogP) is 3.08. The second kappa shape index (κ2) is 4.29. The summed E-state index contributed by atoms with van der Waals surface area (Å²) in [7, 11) is 0. The fraction of sp³-hybridized carbons (Fsp3) is 0.250. The molecule has 0 saturated carbocycles. The molecule has 3 nitrogen and oxygen atoms in total. The lowest BCUT2D eigenvalue weighted by Gasteiger charge is -2.10. The molecular formula is C12H12BrNO2. The molecule has 0 fully saturated rings. The van der Waals surface area contributed by atoms with E-state index >= 15 is 0 Å². The maximum absolute atomic E-state index is 11.8. The van der Waals surface area contributed by atoms with Crippen LogP contribution in [0.15, 0.2) is 33.7 Å². The molecule has 0 amide bonds. The molecule has 0 saturated heterocycles. The Morgan fingerprint density at radius 3 is 2.81 bits per heavy atom. The quantitative estimate of drug-likeness (QED) is 0.919. The first kappa shape index (κ1) is 11.2. The van der Waals surface area contributed by atoms with Gasteiger partial charge in [-0.05, 0) is 48.0 Å². The van der Waals surface area contributed by atoms with Gasteiger partial charge in [-0.3, -0.25) is 4.79 Å². The summed E-state index contributed by atoms with van der Waals surface area (Å²) in [6.45, 7) is 3.91. The number of benzene rings is 1. The Hall–Kier alpha value is -1.29. The second-order valence-electron chi connectivity index (χ2n) is 3.84. The van der Waals surface area contributed by atoms with Crippen LogP contribution < -0.4 is 10.2 Å². The molecule has 4 heteroatoms. The molecule has 0 radical (unpaired) electrons. The SMILES string of the molecule is CC(C)Oc1ccc2[nH]cc(Br)c(=O)c2c1. The van der Waals surface area contributed by atoms with E-state index in [1.165, 1.54) is 0 Å². The maximum atomic E-state index is 11.8. The molecule has 2 rings (SSSR count). The number of hydrogen-bond donors (Lipinski definition) is 1. The van der Waals surface area contributed by atoms with Crippen LogP contribution in [0.5, 0.6) is 5.75 Å². The molecule has 0 bridgehead atoms. The molecule has 0 aliphatic rings. The number of H-pyrrole nitrogens is 1. The molecule has 84 valence electrons. The summed E-state index contributed by atoms with van der Waals surface area (Å²) in [6, 6.07) is 5.46. The number of halogens is 1. The van der Waals surface area contributed by atoms with Gasteiger partial charge in [0.25, 0.3) is 0 Å². The average molecular weight is 282 g/mol. The van der Waals surface area contributed by atoms with E-state index < -0.39 is 0 Å². The van der Waals surface area contributed by atoms with E-state index in [1.54, 1.807) is 12.3 Å². The number of fused-ring (bicyclic) bond motifs is 1. The third-order valence-corrected chi connectivity index (χ3v) is 2.77. The van der Waals surface area contributed by atoms with Crippen molar-refractivity contribution in [1.82, 2.24) is 4.98 Å². The normalized spacial score (nSPS) is 11.0. The second-order valence-corrected chi connectivity index (χ2v) is 4.69. The number of aromatic nitrogens is 1. The van der Waals surface area contributed by atoms with Crippen LogP contribution in [0.3, 0.4) is 0 Å². The van der Waals surface area contributed by atoms with E-state index in [4.69, 9.17) is 4.74 Å². The van der Waals surface area contributed by atoms with Crippen molar-refractivity contribution >= 4 is 26.8 Å². The van der Waals surface area contributed by atoms with E-state index in [-0.39, 0.29) is 11.5 Å². The fourth-order valence-electron chi connectivity index (χ4n) is 1.52. The van der Waals surface area contributed by atoms with Gasteiger partial charge in [-0.15, -0.1) is 0 Å². The number of aromatic amines is 1. The molecule has 1 heterocycles. The number of ether oxygens (including phenoxy) is 1. The van der Waals surface area contributed by atoms with Gasteiger partial charge in [-0.2, -0.15) is 0 Å².